The van der Waals surface area contributed by atoms with E-state index in [1.54, 1.807) is 44.4 Å². The molecule has 0 aliphatic carbocycles. The lowest BCUT2D eigenvalue weighted by Crippen LogP contribution is -2.38. The summed E-state index contributed by atoms with van der Waals surface area (Å²) in [6.45, 7) is 1.56. The van der Waals surface area contributed by atoms with Crippen molar-refractivity contribution in [3.05, 3.63) is 18.2 Å². The van der Waals surface area contributed by atoms with Gasteiger partial charge in [0, 0.05) is 38.3 Å². The number of carbonyl (C=O) groups excluding carboxylic acids is 1. The molecule has 1 aromatic carbocycles. The van der Waals surface area contributed by atoms with Gasteiger partial charge in [0.1, 0.15) is 23.4 Å². The predicted octanol–water partition coefficient (Wildman–Crippen LogP) is 1.44. The van der Waals surface area contributed by atoms with Crippen molar-refractivity contribution < 1.29 is 23.7 Å². The van der Waals surface area contributed by atoms with E-state index in [-0.39, 0.29) is 18.1 Å². The first-order chi connectivity index (χ1) is 12.1. The first-order valence-electron chi connectivity index (χ1n) is 8.53. The largest absolute Gasteiger partial charge is 0.496 e. The molecule has 0 radical (unpaired) electrons. The van der Waals surface area contributed by atoms with E-state index in [9.17, 15) is 4.79 Å². The fourth-order valence-corrected chi connectivity index (χ4v) is 2.77. The number of rotatable bonds is 9. The predicted molar refractivity (Wildman–Crippen MR) is 94.2 cm³/mol. The molecule has 1 amide bonds. The van der Waals surface area contributed by atoms with Crippen LogP contribution in [0.3, 0.4) is 0 Å². The van der Waals surface area contributed by atoms with E-state index in [0.29, 0.717) is 36.9 Å². The van der Waals surface area contributed by atoms with Gasteiger partial charge in [0.05, 0.1) is 26.9 Å². The van der Waals surface area contributed by atoms with Crippen molar-refractivity contribution in [1.29, 1.82) is 0 Å². The molecule has 25 heavy (non-hydrogen) atoms. The third-order valence-corrected chi connectivity index (χ3v) is 4.25. The molecule has 0 spiro atoms. The Hall–Kier alpha value is -1.99. The topological polar surface area (TPSA) is 83.2 Å². The van der Waals surface area contributed by atoms with Gasteiger partial charge in [-0.25, -0.2) is 0 Å². The lowest BCUT2D eigenvalue weighted by molar-refractivity contribution is -0.141. The zero-order valence-electron chi connectivity index (χ0n) is 15.2. The second kappa shape index (κ2) is 9.48. The summed E-state index contributed by atoms with van der Waals surface area (Å²) in [6.07, 6.45) is 1.96. The van der Waals surface area contributed by atoms with Gasteiger partial charge < -0.3 is 29.6 Å². The van der Waals surface area contributed by atoms with Crippen LogP contribution in [-0.4, -0.2) is 64.0 Å². The van der Waals surface area contributed by atoms with E-state index in [1.165, 1.54) is 0 Å². The van der Waals surface area contributed by atoms with Crippen LogP contribution in [0.5, 0.6) is 17.2 Å². The quantitative estimate of drug-likeness (QED) is 0.677. The second-order valence-corrected chi connectivity index (χ2v) is 6.07. The molecule has 0 aromatic heterocycles. The van der Waals surface area contributed by atoms with Crippen LogP contribution in [0.15, 0.2) is 18.2 Å². The molecule has 2 N–H and O–H groups in total. The van der Waals surface area contributed by atoms with E-state index < -0.39 is 0 Å². The molecule has 0 saturated carbocycles. The normalized spacial score (nSPS) is 19.5. The van der Waals surface area contributed by atoms with E-state index >= 15 is 0 Å². The number of methoxy groups -OCH3 is 2. The summed E-state index contributed by atoms with van der Waals surface area (Å²) < 4.78 is 21.8. The lowest BCUT2D eigenvalue weighted by atomic mass is 10.2. The van der Waals surface area contributed by atoms with Crippen molar-refractivity contribution >= 4 is 5.91 Å². The summed E-state index contributed by atoms with van der Waals surface area (Å²) in [7, 11) is 4.98. The average molecular weight is 352 g/mol. The molecule has 1 aromatic rings. The Balaban J connectivity index is 1.74. The Morgan fingerprint density at radius 3 is 2.40 bits per heavy atom. The molecule has 7 nitrogen and oxygen atoms in total. The SMILES string of the molecule is COc1cc(OC)cc(OCCCN(C)C(=O)[C@@H]2CC[C@H](CN)O2)c1. The van der Waals surface area contributed by atoms with Crippen molar-refractivity contribution in [2.75, 3.05) is 41.0 Å². The minimum Gasteiger partial charge on any atom is -0.496 e. The first kappa shape index (κ1) is 19.3. The Morgan fingerprint density at radius 1 is 1.20 bits per heavy atom. The van der Waals surface area contributed by atoms with Crippen LogP contribution in [0.1, 0.15) is 19.3 Å². The Labute approximate surface area is 149 Å². The van der Waals surface area contributed by atoms with Crippen LogP contribution in [0.2, 0.25) is 0 Å². The van der Waals surface area contributed by atoms with Gasteiger partial charge in [0.2, 0.25) is 0 Å². The summed E-state index contributed by atoms with van der Waals surface area (Å²) >= 11 is 0. The fraction of sp³-hybridized carbons (Fsp3) is 0.611. The molecule has 1 saturated heterocycles. The highest BCUT2D eigenvalue weighted by atomic mass is 16.5. The fourth-order valence-electron chi connectivity index (χ4n) is 2.77. The molecule has 1 heterocycles. The molecule has 2 atom stereocenters. The number of ether oxygens (including phenoxy) is 4. The zero-order valence-corrected chi connectivity index (χ0v) is 15.2. The first-order valence-corrected chi connectivity index (χ1v) is 8.53. The number of likely N-dealkylation sites (N-methyl/N-ethyl adjacent to an activating group) is 1. The van der Waals surface area contributed by atoms with Crippen molar-refractivity contribution in [2.24, 2.45) is 5.73 Å². The van der Waals surface area contributed by atoms with Gasteiger partial charge in [-0.3, -0.25) is 4.79 Å². The third kappa shape index (κ3) is 5.51. The van der Waals surface area contributed by atoms with Gasteiger partial charge in [-0.05, 0) is 19.3 Å². The molecule has 0 unspecified atom stereocenters. The van der Waals surface area contributed by atoms with Crippen LogP contribution in [0.25, 0.3) is 0 Å². The Morgan fingerprint density at radius 2 is 1.84 bits per heavy atom. The highest BCUT2D eigenvalue weighted by Crippen LogP contribution is 2.27. The van der Waals surface area contributed by atoms with Crippen LogP contribution in [0, 0.1) is 0 Å². The molecule has 140 valence electrons. The van der Waals surface area contributed by atoms with Crippen LogP contribution < -0.4 is 19.9 Å². The standard InChI is InChI=1S/C18H28N2O5/c1-20(18(21)17-6-5-13(12-19)25-17)7-4-8-24-16-10-14(22-2)9-15(11-16)23-3/h9-11,13,17H,4-8,12,19H2,1-3H3/t13-,17+/m1/s1. The smallest absolute Gasteiger partial charge is 0.251 e. The number of nitrogens with two attached hydrogens (primary N) is 1. The highest BCUT2D eigenvalue weighted by molar-refractivity contribution is 5.80. The van der Waals surface area contributed by atoms with Gasteiger partial charge >= 0.3 is 0 Å². The monoisotopic (exact) mass is 352 g/mol. The maximum Gasteiger partial charge on any atom is 0.251 e. The average Bonchev–Trinajstić information content (AvgIpc) is 3.13. The number of hydrogen-bond acceptors (Lipinski definition) is 6. The lowest BCUT2D eigenvalue weighted by Gasteiger charge is -2.21. The maximum atomic E-state index is 12.3. The van der Waals surface area contributed by atoms with Crippen molar-refractivity contribution in [3.8, 4) is 17.2 Å². The second-order valence-electron chi connectivity index (χ2n) is 6.07. The van der Waals surface area contributed by atoms with Crippen LogP contribution in [-0.2, 0) is 9.53 Å². The number of amides is 1. The van der Waals surface area contributed by atoms with E-state index in [4.69, 9.17) is 24.7 Å². The van der Waals surface area contributed by atoms with Crippen molar-refractivity contribution in [3.63, 3.8) is 0 Å². The van der Waals surface area contributed by atoms with Gasteiger partial charge in [-0.1, -0.05) is 0 Å². The van der Waals surface area contributed by atoms with Gasteiger partial charge in [-0.15, -0.1) is 0 Å². The molecule has 1 aliphatic heterocycles. The zero-order chi connectivity index (χ0) is 18.2. The van der Waals surface area contributed by atoms with Crippen molar-refractivity contribution in [2.45, 2.75) is 31.5 Å². The van der Waals surface area contributed by atoms with Crippen molar-refractivity contribution in [1.82, 2.24) is 4.90 Å². The van der Waals surface area contributed by atoms with Crippen LogP contribution >= 0.6 is 0 Å². The van der Waals surface area contributed by atoms with E-state index in [2.05, 4.69) is 0 Å². The number of carbonyl (C=O) groups is 1. The van der Waals surface area contributed by atoms with E-state index in [1.807, 2.05) is 0 Å². The molecule has 1 fully saturated rings. The van der Waals surface area contributed by atoms with E-state index in [0.717, 1.165) is 19.3 Å². The van der Waals surface area contributed by atoms with Gasteiger partial charge in [0.25, 0.3) is 5.91 Å². The Kier molecular flexibility index (Phi) is 7.33. The molecular formula is C18H28N2O5. The summed E-state index contributed by atoms with van der Waals surface area (Å²) in [6, 6.07) is 5.39. The molecular weight excluding hydrogens is 324 g/mol. The molecule has 2 rings (SSSR count). The molecule has 1 aliphatic rings. The minimum absolute atomic E-state index is 0.00808. The highest BCUT2D eigenvalue weighted by Gasteiger charge is 2.31. The Bertz CT molecular complexity index is 544. The summed E-state index contributed by atoms with van der Waals surface area (Å²) in [5.41, 5.74) is 5.58. The van der Waals surface area contributed by atoms with Gasteiger partial charge in [0.15, 0.2) is 0 Å². The number of nitrogens with zero attached hydrogens (tertiary/aromatic N) is 1. The van der Waals surface area contributed by atoms with Crippen LogP contribution in [0.4, 0.5) is 0 Å². The minimum atomic E-state index is -0.359. The third-order valence-electron chi connectivity index (χ3n) is 4.25. The summed E-state index contributed by atoms with van der Waals surface area (Å²) in [4.78, 5) is 14.0. The number of benzene rings is 1. The number of hydrogen-bond donors (Lipinski definition) is 1. The molecule has 7 heteroatoms. The summed E-state index contributed by atoms with van der Waals surface area (Å²) in [5, 5.41) is 0. The van der Waals surface area contributed by atoms with Gasteiger partial charge in [-0.2, -0.15) is 0 Å². The maximum absolute atomic E-state index is 12.3. The summed E-state index contributed by atoms with van der Waals surface area (Å²) in [5.74, 6) is 2.04. The molecule has 0 bridgehead atoms.